The molecule has 0 fully saturated rings. The Bertz CT molecular complexity index is 964. The molecule has 0 spiro atoms. The van der Waals surface area contributed by atoms with Crippen LogP contribution >= 0.6 is 0 Å². The molecule has 0 saturated heterocycles. The highest BCUT2D eigenvalue weighted by Gasteiger charge is 2.14. The van der Waals surface area contributed by atoms with Crippen LogP contribution in [-0.4, -0.2) is 12.5 Å². The highest BCUT2D eigenvalue weighted by atomic mass is 16.5. The number of rotatable bonds is 5. The second-order valence-corrected chi connectivity index (χ2v) is 7.32. The van der Waals surface area contributed by atoms with Gasteiger partial charge in [0.2, 0.25) is 0 Å². The van der Waals surface area contributed by atoms with Crippen LogP contribution in [0.2, 0.25) is 0 Å². The van der Waals surface area contributed by atoms with Gasteiger partial charge in [-0.1, -0.05) is 48.5 Å². The van der Waals surface area contributed by atoms with E-state index in [0.29, 0.717) is 5.75 Å². The Morgan fingerprint density at radius 1 is 0.963 bits per heavy atom. The minimum atomic E-state index is -0.103. The summed E-state index contributed by atoms with van der Waals surface area (Å²) in [6.45, 7) is 2.05. The fraction of sp³-hybridized carbons (Fsp3) is 0.292. The molecule has 0 aliphatic heterocycles. The van der Waals surface area contributed by atoms with Gasteiger partial charge < -0.3 is 10.1 Å². The second kappa shape index (κ2) is 7.83. The zero-order valence-corrected chi connectivity index (χ0v) is 15.7. The molecular weight excluding hydrogens is 334 g/mol. The summed E-state index contributed by atoms with van der Waals surface area (Å²) >= 11 is 0. The summed E-state index contributed by atoms with van der Waals surface area (Å²) in [7, 11) is 0. The van der Waals surface area contributed by atoms with Crippen LogP contribution < -0.4 is 10.1 Å². The van der Waals surface area contributed by atoms with Crippen LogP contribution in [0.4, 0.5) is 0 Å². The van der Waals surface area contributed by atoms with Crippen molar-refractivity contribution in [3.05, 3.63) is 77.4 Å². The lowest BCUT2D eigenvalue weighted by Gasteiger charge is -2.20. The van der Waals surface area contributed by atoms with E-state index in [4.69, 9.17) is 4.74 Å². The molecule has 1 N–H and O–H groups in total. The van der Waals surface area contributed by atoms with Crippen molar-refractivity contribution in [2.24, 2.45) is 0 Å². The van der Waals surface area contributed by atoms with Crippen LogP contribution in [0.25, 0.3) is 10.8 Å². The highest BCUT2D eigenvalue weighted by molar-refractivity contribution is 5.84. The van der Waals surface area contributed by atoms with Gasteiger partial charge in [0.1, 0.15) is 5.75 Å². The Hall–Kier alpha value is -2.81. The van der Waals surface area contributed by atoms with E-state index in [1.807, 2.05) is 43.3 Å². The lowest BCUT2D eigenvalue weighted by atomic mass is 9.89. The summed E-state index contributed by atoms with van der Waals surface area (Å²) in [5.41, 5.74) is 4.06. The largest absolute Gasteiger partial charge is 0.484 e. The van der Waals surface area contributed by atoms with E-state index in [1.165, 1.54) is 30.4 Å². The number of aryl methyl sites for hydroxylation is 2. The summed E-state index contributed by atoms with van der Waals surface area (Å²) in [5, 5.41) is 5.32. The van der Waals surface area contributed by atoms with E-state index in [-0.39, 0.29) is 18.6 Å². The van der Waals surface area contributed by atoms with Crippen molar-refractivity contribution < 1.29 is 9.53 Å². The molecule has 27 heavy (non-hydrogen) atoms. The molecule has 0 bridgehead atoms. The summed E-state index contributed by atoms with van der Waals surface area (Å²) < 4.78 is 5.69. The van der Waals surface area contributed by atoms with E-state index >= 15 is 0 Å². The Morgan fingerprint density at radius 2 is 1.74 bits per heavy atom. The Balaban J connectivity index is 1.35. The van der Waals surface area contributed by atoms with Crippen LogP contribution in [-0.2, 0) is 17.6 Å². The van der Waals surface area contributed by atoms with E-state index in [1.54, 1.807) is 0 Å². The minimum Gasteiger partial charge on any atom is -0.484 e. The number of hydrogen-bond acceptors (Lipinski definition) is 2. The molecule has 4 rings (SSSR count). The van der Waals surface area contributed by atoms with Gasteiger partial charge in [-0.2, -0.15) is 0 Å². The normalized spacial score (nSPS) is 14.4. The lowest BCUT2D eigenvalue weighted by Crippen LogP contribution is -2.31. The van der Waals surface area contributed by atoms with Crippen molar-refractivity contribution >= 4 is 16.7 Å². The Kier molecular flexibility index (Phi) is 5.10. The molecule has 3 nitrogen and oxygen atoms in total. The number of benzene rings is 3. The molecule has 138 valence electrons. The van der Waals surface area contributed by atoms with Crippen molar-refractivity contribution in [1.29, 1.82) is 0 Å². The maximum Gasteiger partial charge on any atom is 0.258 e. The number of amides is 1. The van der Waals surface area contributed by atoms with Gasteiger partial charge in [0.15, 0.2) is 6.61 Å². The van der Waals surface area contributed by atoms with Crippen molar-refractivity contribution in [2.75, 3.05) is 6.61 Å². The number of carbonyl (C=O) groups excluding carboxylic acids is 1. The van der Waals surface area contributed by atoms with Crippen LogP contribution in [0.15, 0.2) is 60.7 Å². The first-order valence-electron chi connectivity index (χ1n) is 9.72. The Labute approximate surface area is 160 Å². The lowest BCUT2D eigenvalue weighted by molar-refractivity contribution is -0.123. The molecule has 0 aromatic heterocycles. The van der Waals surface area contributed by atoms with E-state index in [2.05, 4.69) is 29.6 Å². The van der Waals surface area contributed by atoms with Gasteiger partial charge in [0, 0.05) is 0 Å². The van der Waals surface area contributed by atoms with Gasteiger partial charge in [0.25, 0.3) is 5.91 Å². The first kappa shape index (κ1) is 17.6. The fourth-order valence-corrected chi connectivity index (χ4v) is 3.80. The maximum absolute atomic E-state index is 12.3. The third kappa shape index (κ3) is 4.13. The van der Waals surface area contributed by atoms with E-state index in [0.717, 1.165) is 22.8 Å². The zero-order valence-electron chi connectivity index (χ0n) is 15.7. The number of nitrogens with one attached hydrogen (secondary N) is 1. The summed E-state index contributed by atoms with van der Waals surface area (Å²) in [6, 6.07) is 20.6. The van der Waals surface area contributed by atoms with Crippen LogP contribution in [0.3, 0.4) is 0 Å². The Morgan fingerprint density at radius 3 is 2.59 bits per heavy atom. The number of carbonyl (C=O) groups is 1. The second-order valence-electron chi connectivity index (χ2n) is 7.32. The molecule has 3 aromatic rings. The predicted molar refractivity (Wildman–Crippen MR) is 109 cm³/mol. The molecule has 1 atom stereocenters. The maximum atomic E-state index is 12.3. The third-order valence-electron chi connectivity index (χ3n) is 5.34. The molecule has 0 unspecified atom stereocenters. The summed E-state index contributed by atoms with van der Waals surface area (Å²) in [5.74, 6) is 0.610. The predicted octanol–water partition coefficient (Wildman–Crippen LogP) is 4.97. The molecule has 3 aromatic carbocycles. The van der Waals surface area contributed by atoms with Crippen LogP contribution in [0, 0.1) is 0 Å². The van der Waals surface area contributed by atoms with Crippen LogP contribution in [0.1, 0.15) is 42.5 Å². The van der Waals surface area contributed by atoms with Crippen LogP contribution in [0.5, 0.6) is 5.75 Å². The molecule has 3 heteroatoms. The third-order valence-corrected chi connectivity index (χ3v) is 5.34. The molecule has 1 aliphatic rings. The standard InChI is InChI=1S/C24H25NO2/c1-17(20-11-10-18-6-2-4-8-21(18)14-20)25-24(26)16-27-23-13-12-19-7-3-5-9-22(19)15-23/h3,5,7,9-15,17H,2,4,6,8,16H2,1H3,(H,25,26)/t17-/m1/s1. The molecule has 0 radical (unpaired) electrons. The van der Waals surface area contributed by atoms with Crippen molar-refractivity contribution in [3.63, 3.8) is 0 Å². The number of ether oxygens (including phenoxy) is 1. The van der Waals surface area contributed by atoms with Crippen molar-refractivity contribution in [1.82, 2.24) is 5.32 Å². The fourth-order valence-electron chi connectivity index (χ4n) is 3.80. The number of fused-ring (bicyclic) bond motifs is 2. The van der Waals surface area contributed by atoms with Gasteiger partial charge in [-0.15, -0.1) is 0 Å². The van der Waals surface area contributed by atoms with E-state index in [9.17, 15) is 4.79 Å². The zero-order chi connectivity index (χ0) is 18.6. The van der Waals surface area contributed by atoms with Gasteiger partial charge in [-0.25, -0.2) is 0 Å². The summed E-state index contributed by atoms with van der Waals surface area (Å²) in [4.78, 5) is 12.3. The van der Waals surface area contributed by atoms with E-state index < -0.39 is 0 Å². The molecular formula is C24H25NO2. The van der Waals surface area contributed by atoms with Gasteiger partial charge in [0.05, 0.1) is 6.04 Å². The average Bonchev–Trinajstić information content (AvgIpc) is 2.71. The van der Waals surface area contributed by atoms with Gasteiger partial charge in [-0.3, -0.25) is 4.79 Å². The first-order valence-corrected chi connectivity index (χ1v) is 9.72. The quantitative estimate of drug-likeness (QED) is 0.698. The van der Waals surface area contributed by atoms with Gasteiger partial charge >= 0.3 is 0 Å². The topological polar surface area (TPSA) is 38.3 Å². The SMILES string of the molecule is C[C@@H](NC(=O)COc1ccc2ccccc2c1)c1ccc2c(c1)CCCC2. The monoisotopic (exact) mass is 359 g/mol. The molecule has 0 saturated carbocycles. The molecule has 0 heterocycles. The first-order chi connectivity index (χ1) is 13.2. The average molecular weight is 359 g/mol. The summed E-state index contributed by atoms with van der Waals surface area (Å²) in [6.07, 6.45) is 4.87. The molecule has 1 aliphatic carbocycles. The van der Waals surface area contributed by atoms with Crippen molar-refractivity contribution in [3.8, 4) is 5.75 Å². The minimum absolute atomic E-state index is 0.0214. The molecule has 1 amide bonds. The van der Waals surface area contributed by atoms with Crippen molar-refractivity contribution in [2.45, 2.75) is 38.6 Å². The highest BCUT2D eigenvalue weighted by Crippen LogP contribution is 2.25. The smallest absolute Gasteiger partial charge is 0.258 e. The van der Waals surface area contributed by atoms with Gasteiger partial charge in [-0.05, 0) is 72.2 Å². The number of hydrogen-bond donors (Lipinski definition) is 1.